The Morgan fingerprint density at radius 2 is 2.37 bits per heavy atom. The van der Waals surface area contributed by atoms with Gasteiger partial charge in [-0.15, -0.1) is 0 Å². The highest BCUT2D eigenvalue weighted by Crippen LogP contribution is 2.37. The van der Waals surface area contributed by atoms with Gasteiger partial charge in [0.15, 0.2) is 0 Å². The molecule has 2 heterocycles. The highest BCUT2D eigenvalue weighted by atomic mass is 32.1. The van der Waals surface area contributed by atoms with Gasteiger partial charge in [-0.05, 0) is 49.2 Å². The van der Waals surface area contributed by atoms with Gasteiger partial charge in [0.1, 0.15) is 0 Å². The van der Waals surface area contributed by atoms with Crippen molar-refractivity contribution in [2.24, 2.45) is 11.1 Å². The van der Waals surface area contributed by atoms with Gasteiger partial charge in [0.25, 0.3) is 0 Å². The van der Waals surface area contributed by atoms with E-state index in [1.807, 2.05) is 13.8 Å². The van der Waals surface area contributed by atoms with Gasteiger partial charge in [0.05, 0.1) is 11.5 Å². The Kier molecular flexibility index (Phi) is 4.28. The molecule has 0 radical (unpaired) electrons. The summed E-state index contributed by atoms with van der Waals surface area (Å²) in [7, 11) is 1.71. The van der Waals surface area contributed by atoms with E-state index < -0.39 is 0 Å². The number of hydrogen-bond acceptors (Lipinski definition) is 4. The van der Waals surface area contributed by atoms with Gasteiger partial charge in [-0.1, -0.05) is 0 Å². The van der Waals surface area contributed by atoms with Crippen LogP contribution in [-0.2, 0) is 4.79 Å². The number of nitrogens with one attached hydrogen (secondary N) is 1. The molecule has 5 heteroatoms. The molecule has 1 aromatic rings. The second-order valence-corrected chi connectivity index (χ2v) is 6.50. The average molecular weight is 281 g/mol. The molecule has 3 unspecified atom stereocenters. The third-order valence-corrected chi connectivity index (χ3v) is 4.76. The minimum absolute atomic E-state index is 0.0571. The maximum Gasteiger partial charge on any atom is 0.227 e. The number of hydrogen-bond donors (Lipinski definition) is 2. The molecular weight excluding hydrogens is 258 g/mol. The van der Waals surface area contributed by atoms with E-state index in [1.54, 1.807) is 18.4 Å². The molecule has 1 aliphatic rings. The molecule has 2 rings (SSSR count). The van der Waals surface area contributed by atoms with Crippen molar-refractivity contribution in [3.63, 3.8) is 0 Å². The first-order valence-electron chi connectivity index (χ1n) is 6.72. The van der Waals surface area contributed by atoms with Gasteiger partial charge in [-0.2, -0.15) is 11.3 Å². The zero-order valence-corrected chi connectivity index (χ0v) is 12.7. The minimum atomic E-state index is -0.294. The number of amides is 1. The lowest BCUT2D eigenvalue weighted by Gasteiger charge is -2.32. The lowest BCUT2D eigenvalue weighted by Crippen LogP contribution is -2.42. The van der Waals surface area contributed by atoms with E-state index in [1.165, 1.54) is 5.56 Å². The van der Waals surface area contributed by atoms with Crippen LogP contribution in [0.4, 0.5) is 0 Å². The Bertz CT molecular complexity index is 432. The van der Waals surface area contributed by atoms with E-state index in [-0.39, 0.29) is 23.4 Å². The van der Waals surface area contributed by atoms with Crippen LogP contribution in [0.1, 0.15) is 31.9 Å². The van der Waals surface area contributed by atoms with Crippen molar-refractivity contribution in [1.82, 2.24) is 10.2 Å². The second-order valence-electron chi connectivity index (χ2n) is 5.72. The van der Waals surface area contributed by atoms with Gasteiger partial charge >= 0.3 is 0 Å². The summed E-state index contributed by atoms with van der Waals surface area (Å²) in [6, 6.07) is 2.40. The molecule has 0 saturated carbocycles. The van der Waals surface area contributed by atoms with E-state index in [0.717, 1.165) is 19.5 Å². The van der Waals surface area contributed by atoms with Crippen LogP contribution < -0.4 is 11.1 Å². The van der Waals surface area contributed by atoms with E-state index in [4.69, 9.17) is 5.73 Å². The van der Waals surface area contributed by atoms with Gasteiger partial charge in [-0.3, -0.25) is 9.69 Å². The number of rotatable bonds is 4. The Morgan fingerprint density at radius 1 is 1.63 bits per heavy atom. The van der Waals surface area contributed by atoms with Crippen LogP contribution in [0.15, 0.2) is 16.8 Å². The van der Waals surface area contributed by atoms with Gasteiger partial charge in [0.2, 0.25) is 5.91 Å². The molecule has 1 saturated heterocycles. The Labute approximate surface area is 119 Å². The van der Waals surface area contributed by atoms with E-state index >= 15 is 0 Å². The molecular formula is C14H23N3OS. The summed E-state index contributed by atoms with van der Waals surface area (Å²) >= 11 is 1.69. The molecule has 0 aromatic carbocycles. The second kappa shape index (κ2) is 5.61. The molecule has 106 valence electrons. The van der Waals surface area contributed by atoms with Crippen molar-refractivity contribution in [3.8, 4) is 0 Å². The summed E-state index contributed by atoms with van der Waals surface area (Å²) in [5.74, 6) is 0.128. The predicted octanol–water partition coefficient (Wildman–Crippen LogP) is 1.59. The smallest absolute Gasteiger partial charge is 0.227 e. The first kappa shape index (κ1) is 14.5. The molecule has 19 heavy (non-hydrogen) atoms. The lowest BCUT2D eigenvalue weighted by atomic mass is 9.88. The molecule has 1 aromatic heterocycles. The highest BCUT2D eigenvalue weighted by Gasteiger charge is 2.42. The van der Waals surface area contributed by atoms with Crippen LogP contribution in [0.25, 0.3) is 0 Å². The number of nitrogens with zero attached hydrogens (tertiary/aromatic N) is 1. The van der Waals surface area contributed by atoms with Crippen LogP contribution in [0.2, 0.25) is 0 Å². The topological polar surface area (TPSA) is 58.4 Å². The van der Waals surface area contributed by atoms with Gasteiger partial charge < -0.3 is 11.1 Å². The Morgan fingerprint density at radius 3 is 2.89 bits per heavy atom. The fourth-order valence-electron chi connectivity index (χ4n) is 3.01. The molecule has 1 aliphatic heterocycles. The average Bonchev–Trinajstić information content (AvgIpc) is 3.00. The summed E-state index contributed by atoms with van der Waals surface area (Å²) in [6.45, 7) is 5.77. The Hall–Kier alpha value is -0.910. The van der Waals surface area contributed by atoms with Crippen molar-refractivity contribution in [3.05, 3.63) is 22.4 Å². The number of thiophene rings is 1. The monoisotopic (exact) mass is 281 g/mol. The molecule has 4 nitrogen and oxygen atoms in total. The van der Waals surface area contributed by atoms with Crippen molar-refractivity contribution < 1.29 is 4.79 Å². The number of carbonyl (C=O) groups is 1. The number of nitrogens with two attached hydrogens (primary N) is 1. The molecule has 3 N–H and O–H groups in total. The zero-order chi connectivity index (χ0) is 14.0. The van der Waals surface area contributed by atoms with E-state index in [9.17, 15) is 4.79 Å². The third-order valence-electron chi connectivity index (χ3n) is 4.05. The summed E-state index contributed by atoms with van der Waals surface area (Å²) in [6.07, 6.45) is 0.889. The van der Waals surface area contributed by atoms with E-state index in [0.29, 0.717) is 0 Å². The van der Waals surface area contributed by atoms with Crippen molar-refractivity contribution in [2.75, 3.05) is 20.1 Å². The Balaban J connectivity index is 2.16. The quantitative estimate of drug-likeness (QED) is 0.881. The fourth-order valence-corrected chi connectivity index (χ4v) is 3.70. The van der Waals surface area contributed by atoms with E-state index in [2.05, 4.69) is 27.0 Å². The normalized spacial score (nSPS) is 27.2. The summed E-state index contributed by atoms with van der Waals surface area (Å²) in [4.78, 5) is 14.3. The first-order chi connectivity index (χ1) is 8.98. The standard InChI is InChI=1S/C14H23N3OS/c1-10(15)12(11-4-7-19-8-11)17-6-5-14(2,9-17)13(18)16-3/h4,7-8,10,12H,5-6,9,15H2,1-3H3,(H,16,18). The van der Waals surface area contributed by atoms with Crippen LogP contribution in [0.3, 0.4) is 0 Å². The predicted molar refractivity (Wildman–Crippen MR) is 79.1 cm³/mol. The van der Waals surface area contributed by atoms with Crippen LogP contribution in [-0.4, -0.2) is 37.0 Å². The molecule has 1 fully saturated rings. The van der Waals surface area contributed by atoms with Gasteiger partial charge in [-0.25, -0.2) is 0 Å². The first-order valence-corrected chi connectivity index (χ1v) is 7.66. The van der Waals surface area contributed by atoms with Crippen molar-refractivity contribution in [1.29, 1.82) is 0 Å². The van der Waals surface area contributed by atoms with Gasteiger partial charge in [0, 0.05) is 19.6 Å². The van der Waals surface area contributed by atoms with Crippen molar-refractivity contribution in [2.45, 2.75) is 32.4 Å². The summed E-state index contributed by atoms with van der Waals surface area (Å²) < 4.78 is 0. The molecule has 0 spiro atoms. The fraction of sp³-hybridized carbons (Fsp3) is 0.643. The molecule has 0 bridgehead atoms. The minimum Gasteiger partial charge on any atom is -0.359 e. The molecule has 1 amide bonds. The largest absolute Gasteiger partial charge is 0.359 e. The maximum atomic E-state index is 12.0. The number of likely N-dealkylation sites (tertiary alicyclic amines) is 1. The third kappa shape index (κ3) is 2.83. The van der Waals surface area contributed by atoms with Crippen LogP contribution in [0, 0.1) is 5.41 Å². The lowest BCUT2D eigenvalue weighted by molar-refractivity contribution is -0.129. The zero-order valence-electron chi connectivity index (χ0n) is 11.8. The summed E-state index contributed by atoms with van der Waals surface area (Å²) in [5.41, 5.74) is 7.14. The maximum absolute atomic E-state index is 12.0. The number of carbonyl (C=O) groups excluding carboxylic acids is 1. The molecule has 0 aliphatic carbocycles. The van der Waals surface area contributed by atoms with Crippen LogP contribution in [0.5, 0.6) is 0 Å². The molecule has 3 atom stereocenters. The summed E-state index contributed by atoms with van der Waals surface area (Å²) in [5, 5.41) is 7.01. The SMILES string of the molecule is CNC(=O)C1(C)CCN(C(c2ccsc2)C(C)N)C1. The van der Waals surface area contributed by atoms with Crippen molar-refractivity contribution >= 4 is 17.2 Å². The van der Waals surface area contributed by atoms with Crippen LogP contribution >= 0.6 is 11.3 Å². The highest BCUT2D eigenvalue weighted by molar-refractivity contribution is 7.07.